The Hall–Kier alpha value is -3.92. The first kappa shape index (κ1) is 19.7. The molecule has 0 atom stereocenters. The van der Waals surface area contributed by atoms with Gasteiger partial charge in [-0.1, -0.05) is 63.2 Å². The van der Waals surface area contributed by atoms with Gasteiger partial charge in [-0.05, 0) is 53.8 Å². The van der Waals surface area contributed by atoms with Crippen molar-refractivity contribution in [3.8, 4) is 17.1 Å². The molecule has 3 heterocycles. The van der Waals surface area contributed by atoms with Crippen LogP contribution in [0.5, 0.6) is 0 Å². The molecule has 162 valence electrons. The van der Waals surface area contributed by atoms with Crippen LogP contribution >= 0.6 is 0 Å². The number of rotatable bonds is 2. The molecule has 6 aromatic rings. The molecule has 33 heavy (non-hydrogen) atoms. The topological polar surface area (TPSA) is 43.9 Å². The Labute approximate surface area is 192 Å². The fourth-order valence-corrected chi connectivity index (χ4v) is 4.55. The number of para-hydroxylation sites is 2. The van der Waals surface area contributed by atoms with Crippen LogP contribution in [0.1, 0.15) is 31.9 Å². The van der Waals surface area contributed by atoms with E-state index in [4.69, 9.17) is 14.4 Å². The van der Waals surface area contributed by atoms with E-state index in [0.29, 0.717) is 0 Å². The van der Waals surface area contributed by atoms with Crippen LogP contribution in [0.2, 0.25) is 0 Å². The second kappa shape index (κ2) is 7.04. The lowest BCUT2D eigenvalue weighted by molar-refractivity contribution is 0.588. The summed E-state index contributed by atoms with van der Waals surface area (Å²) < 4.78 is 8.55. The second-order valence-electron chi connectivity index (χ2n) is 9.66. The first-order valence-corrected chi connectivity index (χ1v) is 11.3. The minimum absolute atomic E-state index is 0.00621. The zero-order valence-electron chi connectivity index (χ0n) is 19.3. The highest BCUT2D eigenvalue weighted by Crippen LogP contribution is 2.39. The van der Waals surface area contributed by atoms with Crippen LogP contribution in [-0.4, -0.2) is 14.5 Å². The monoisotopic (exact) mass is 431 g/mol. The summed E-state index contributed by atoms with van der Waals surface area (Å²) in [5, 5.41) is 2.26. The first-order valence-electron chi connectivity index (χ1n) is 11.3. The van der Waals surface area contributed by atoms with Crippen molar-refractivity contribution in [2.45, 2.75) is 33.1 Å². The van der Waals surface area contributed by atoms with Crippen LogP contribution in [-0.2, 0) is 5.41 Å². The fraction of sp³-hybridized carbons (Fsp3) is 0.172. The number of nitrogens with zero attached hydrogens (tertiary/aromatic N) is 3. The molecule has 3 aromatic carbocycles. The van der Waals surface area contributed by atoms with Gasteiger partial charge in [0.2, 0.25) is 0 Å². The van der Waals surface area contributed by atoms with Crippen LogP contribution in [0.25, 0.3) is 50.2 Å². The van der Waals surface area contributed by atoms with Gasteiger partial charge in [-0.25, -0.2) is 9.97 Å². The van der Waals surface area contributed by atoms with Crippen molar-refractivity contribution in [3.05, 3.63) is 90.1 Å². The van der Waals surface area contributed by atoms with Gasteiger partial charge in [-0.3, -0.25) is 4.57 Å². The minimum atomic E-state index is -0.00621. The van der Waals surface area contributed by atoms with Crippen LogP contribution in [0.15, 0.2) is 83.4 Å². The standard InChI is InChI=1S/C29H25N3O/c1-18-14-15-22(26-25(18)21-12-8-9-13-24(21)33-26)27-31-23-16-19(29(2,3)4)17-30-28(23)32(27)20-10-6-5-7-11-20/h5-17H,1-4H3. The summed E-state index contributed by atoms with van der Waals surface area (Å²) in [6, 6.07) is 24.9. The predicted octanol–water partition coefficient (Wildman–Crippen LogP) is 7.59. The molecule has 0 aliphatic carbocycles. The molecule has 4 heteroatoms. The van der Waals surface area contributed by atoms with E-state index in [1.54, 1.807) is 0 Å². The van der Waals surface area contributed by atoms with Gasteiger partial charge in [0.05, 0.1) is 5.56 Å². The third-order valence-electron chi connectivity index (χ3n) is 6.35. The van der Waals surface area contributed by atoms with Crippen molar-refractivity contribution in [1.29, 1.82) is 0 Å². The highest BCUT2D eigenvalue weighted by Gasteiger charge is 2.23. The van der Waals surface area contributed by atoms with Gasteiger partial charge in [0.1, 0.15) is 16.7 Å². The van der Waals surface area contributed by atoms with Crippen molar-refractivity contribution in [1.82, 2.24) is 14.5 Å². The summed E-state index contributed by atoms with van der Waals surface area (Å²) in [6.07, 6.45) is 1.97. The molecule has 6 rings (SSSR count). The Bertz CT molecular complexity index is 1650. The third kappa shape index (κ3) is 3.05. The molecule has 0 aliphatic rings. The highest BCUT2D eigenvalue weighted by molar-refractivity contribution is 6.11. The smallest absolute Gasteiger partial charge is 0.164 e. The van der Waals surface area contributed by atoms with Gasteiger partial charge in [-0.15, -0.1) is 0 Å². The Morgan fingerprint density at radius 1 is 0.879 bits per heavy atom. The summed E-state index contributed by atoms with van der Waals surface area (Å²) in [6.45, 7) is 8.72. The van der Waals surface area contributed by atoms with Crippen molar-refractivity contribution >= 4 is 33.1 Å². The SMILES string of the molecule is Cc1ccc(-c2nc3cc(C(C)(C)C)cnc3n2-c2ccccc2)c2oc3ccccc3c12. The maximum Gasteiger partial charge on any atom is 0.164 e. The maximum absolute atomic E-state index is 6.41. The molecule has 4 nitrogen and oxygen atoms in total. The molecular weight excluding hydrogens is 406 g/mol. The van der Waals surface area contributed by atoms with Crippen molar-refractivity contribution in [3.63, 3.8) is 0 Å². The molecule has 0 saturated carbocycles. The molecule has 0 radical (unpaired) electrons. The summed E-state index contributed by atoms with van der Waals surface area (Å²) in [5.74, 6) is 0.832. The number of benzene rings is 3. The minimum Gasteiger partial charge on any atom is -0.455 e. The molecule has 0 N–H and O–H groups in total. The van der Waals surface area contributed by atoms with E-state index in [0.717, 1.165) is 55.7 Å². The van der Waals surface area contributed by atoms with Crippen LogP contribution in [0.3, 0.4) is 0 Å². The second-order valence-corrected chi connectivity index (χ2v) is 9.66. The van der Waals surface area contributed by atoms with Crippen LogP contribution < -0.4 is 0 Å². The Balaban J connectivity index is 1.72. The van der Waals surface area contributed by atoms with Crippen LogP contribution in [0.4, 0.5) is 0 Å². The summed E-state index contributed by atoms with van der Waals surface area (Å²) in [4.78, 5) is 10.0. The van der Waals surface area contributed by atoms with Gasteiger partial charge < -0.3 is 4.42 Å². The largest absolute Gasteiger partial charge is 0.455 e. The molecule has 0 bridgehead atoms. The lowest BCUT2D eigenvalue weighted by Crippen LogP contribution is -2.11. The van der Waals surface area contributed by atoms with E-state index in [-0.39, 0.29) is 5.41 Å². The Kier molecular flexibility index (Phi) is 4.21. The first-order chi connectivity index (χ1) is 15.9. The maximum atomic E-state index is 6.41. The third-order valence-corrected chi connectivity index (χ3v) is 6.35. The number of hydrogen-bond donors (Lipinski definition) is 0. The molecule has 0 unspecified atom stereocenters. The Morgan fingerprint density at radius 2 is 1.64 bits per heavy atom. The van der Waals surface area contributed by atoms with Crippen molar-refractivity contribution in [2.24, 2.45) is 0 Å². The summed E-state index contributed by atoms with van der Waals surface area (Å²) >= 11 is 0. The number of pyridine rings is 1. The van der Waals surface area contributed by atoms with E-state index in [2.05, 4.69) is 74.7 Å². The van der Waals surface area contributed by atoms with E-state index >= 15 is 0 Å². The van der Waals surface area contributed by atoms with Gasteiger partial charge in [-0.2, -0.15) is 0 Å². The fourth-order valence-electron chi connectivity index (χ4n) is 4.55. The van der Waals surface area contributed by atoms with Gasteiger partial charge in [0.15, 0.2) is 11.5 Å². The number of aryl methyl sites for hydroxylation is 1. The number of furan rings is 1. The molecule has 0 saturated heterocycles. The number of aromatic nitrogens is 3. The van der Waals surface area contributed by atoms with E-state index < -0.39 is 0 Å². The quantitative estimate of drug-likeness (QED) is 0.284. The van der Waals surface area contributed by atoms with Gasteiger partial charge in [0.25, 0.3) is 0 Å². The number of imidazole rings is 1. The van der Waals surface area contributed by atoms with E-state index in [1.807, 2.05) is 36.5 Å². The predicted molar refractivity (Wildman–Crippen MR) is 135 cm³/mol. The lowest BCUT2D eigenvalue weighted by atomic mass is 9.88. The van der Waals surface area contributed by atoms with E-state index in [1.165, 1.54) is 5.56 Å². The van der Waals surface area contributed by atoms with Crippen molar-refractivity contribution in [2.75, 3.05) is 0 Å². The zero-order valence-corrected chi connectivity index (χ0v) is 19.3. The average Bonchev–Trinajstić information content (AvgIpc) is 3.38. The molecule has 3 aromatic heterocycles. The number of hydrogen-bond acceptors (Lipinski definition) is 3. The number of fused-ring (bicyclic) bond motifs is 4. The zero-order chi connectivity index (χ0) is 22.7. The van der Waals surface area contributed by atoms with Gasteiger partial charge >= 0.3 is 0 Å². The molecule has 0 spiro atoms. The summed E-state index contributed by atoms with van der Waals surface area (Å²) in [5.41, 5.74) is 7.81. The molecule has 0 amide bonds. The van der Waals surface area contributed by atoms with Crippen molar-refractivity contribution < 1.29 is 4.42 Å². The molecule has 0 aliphatic heterocycles. The molecule has 0 fully saturated rings. The highest BCUT2D eigenvalue weighted by atomic mass is 16.3. The lowest BCUT2D eigenvalue weighted by Gasteiger charge is -2.18. The summed E-state index contributed by atoms with van der Waals surface area (Å²) in [7, 11) is 0. The normalized spacial score (nSPS) is 12.2. The van der Waals surface area contributed by atoms with E-state index in [9.17, 15) is 0 Å². The Morgan fingerprint density at radius 3 is 2.42 bits per heavy atom. The van der Waals surface area contributed by atoms with Crippen LogP contribution in [0, 0.1) is 6.92 Å². The molecular formula is C29H25N3O. The van der Waals surface area contributed by atoms with Gasteiger partial charge in [0, 0.05) is 22.7 Å². The average molecular weight is 432 g/mol.